The van der Waals surface area contributed by atoms with Gasteiger partial charge in [0.15, 0.2) is 0 Å². The molecule has 3 aliphatic carbocycles. The van der Waals surface area contributed by atoms with Crippen LogP contribution in [0.15, 0.2) is 273 Å². The second kappa shape index (κ2) is 16.1. The van der Waals surface area contributed by atoms with Gasteiger partial charge in [0.2, 0.25) is 0 Å². The zero-order valence-electron chi connectivity index (χ0n) is 40.4. The average Bonchev–Trinajstić information content (AvgIpc) is 4.01. The molecular formula is C71H51N. The quantitative estimate of drug-likeness (QED) is 0.147. The van der Waals surface area contributed by atoms with Crippen LogP contribution in [0.2, 0.25) is 0 Å². The van der Waals surface area contributed by atoms with E-state index in [2.05, 4.69) is 292 Å². The summed E-state index contributed by atoms with van der Waals surface area (Å²) in [4.78, 5) is 2.52. The Kier molecular flexibility index (Phi) is 9.44. The largest absolute Gasteiger partial charge is 0.310 e. The third kappa shape index (κ3) is 5.89. The van der Waals surface area contributed by atoms with Crippen molar-refractivity contribution in [2.75, 3.05) is 4.90 Å². The molecule has 0 atom stereocenters. The van der Waals surface area contributed by atoms with E-state index in [0.717, 1.165) is 17.1 Å². The van der Waals surface area contributed by atoms with E-state index in [1.807, 2.05) is 0 Å². The molecule has 1 nitrogen and oxygen atoms in total. The molecule has 11 aromatic rings. The molecule has 0 aliphatic heterocycles. The summed E-state index contributed by atoms with van der Waals surface area (Å²) in [6.07, 6.45) is 0. The summed E-state index contributed by atoms with van der Waals surface area (Å²) in [5, 5.41) is 0. The number of benzene rings is 11. The predicted molar refractivity (Wildman–Crippen MR) is 299 cm³/mol. The Morgan fingerprint density at radius 1 is 0.250 bits per heavy atom. The number of hydrogen-bond donors (Lipinski definition) is 0. The summed E-state index contributed by atoms with van der Waals surface area (Å²) in [7, 11) is 0. The highest BCUT2D eigenvalue weighted by Crippen LogP contribution is 2.60. The zero-order valence-corrected chi connectivity index (χ0v) is 40.4. The van der Waals surface area contributed by atoms with Gasteiger partial charge in [-0.3, -0.25) is 0 Å². The van der Waals surface area contributed by atoms with Gasteiger partial charge in [-0.05, 0) is 137 Å². The third-order valence-electron chi connectivity index (χ3n) is 16.4. The van der Waals surface area contributed by atoms with Crippen LogP contribution in [-0.4, -0.2) is 0 Å². The van der Waals surface area contributed by atoms with E-state index in [0.29, 0.717) is 0 Å². The first kappa shape index (κ1) is 42.1. The first-order chi connectivity index (χ1) is 35.5. The summed E-state index contributed by atoms with van der Waals surface area (Å²) >= 11 is 0. The van der Waals surface area contributed by atoms with Crippen molar-refractivity contribution in [1.29, 1.82) is 0 Å². The number of rotatable bonds is 8. The fourth-order valence-corrected chi connectivity index (χ4v) is 13.4. The predicted octanol–water partition coefficient (Wildman–Crippen LogP) is 17.9. The maximum atomic E-state index is 2.52. The highest BCUT2D eigenvalue weighted by Gasteiger charge is 2.48. The highest BCUT2D eigenvalue weighted by molar-refractivity contribution is 5.97. The molecule has 11 aromatic carbocycles. The average molecular weight is 918 g/mol. The van der Waals surface area contributed by atoms with Crippen LogP contribution in [0.3, 0.4) is 0 Å². The maximum Gasteiger partial charge on any atom is 0.0714 e. The van der Waals surface area contributed by atoms with Crippen LogP contribution < -0.4 is 4.90 Å². The van der Waals surface area contributed by atoms with Crippen LogP contribution in [0.4, 0.5) is 17.1 Å². The number of nitrogens with zero attached hydrogens (tertiary/aromatic N) is 1. The molecule has 340 valence electrons. The van der Waals surface area contributed by atoms with Crippen molar-refractivity contribution < 1.29 is 0 Å². The molecule has 0 amide bonds. The highest BCUT2D eigenvalue weighted by atomic mass is 15.1. The summed E-state index contributed by atoms with van der Waals surface area (Å²) in [6, 6.07) is 102. The molecule has 0 unspecified atom stereocenters. The third-order valence-corrected chi connectivity index (χ3v) is 16.4. The lowest BCUT2D eigenvalue weighted by Crippen LogP contribution is -2.28. The summed E-state index contributed by atoms with van der Waals surface area (Å²) in [5.41, 5.74) is 25.2. The minimum Gasteiger partial charge on any atom is -0.310 e. The molecular weight excluding hydrogens is 867 g/mol. The topological polar surface area (TPSA) is 3.24 Å². The molecule has 0 N–H and O–H groups in total. The van der Waals surface area contributed by atoms with Crippen molar-refractivity contribution in [3.63, 3.8) is 0 Å². The van der Waals surface area contributed by atoms with Crippen LogP contribution in [0.1, 0.15) is 69.5 Å². The van der Waals surface area contributed by atoms with E-state index in [-0.39, 0.29) is 5.41 Å². The SMILES string of the molecule is CC1(C)c2ccccc2-c2ccc(N(c3cccc(-c4cccc5c4-c4ccccc4C5(c4ccccc4)c4ccccc4)c3)c3ccc4c(c3)C(c3ccccc3)(c3ccccc3)c3ccccc3-4)cc21. The fraction of sp³-hybridized carbons (Fsp3) is 0.0704. The molecule has 72 heavy (non-hydrogen) atoms. The Hall–Kier alpha value is -8.78. The van der Waals surface area contributed by atoms with Gasteiger partial charge in [-0.15, -0.1) is 0 Å². The molecule has 0 heterocycles. The molecule has 1 heteroatoms. The maximum absolute atomic E-state index is 2.52. The summed E-state index contributed by atoms with van der Waals surface area (Å²) in [6.45, 7) is 4.76. The molecule has 0 aromatic heterocycles. The first-order valence-corrected chi connectivity index (χ1v) is 25.3. The summed E-state index contributed by atoms with van der Waals surface area (Å²) < 4.78 is 0. The van der Waals surface area contributed by atoms with Crippen LogP contribution >= 0.6 is 0 Å². The lowest BCUT2D eigenvalue weighted by Gasteiger charge is -2.35. The molecule has 3 aliphatic rings. The molecule has 14 rings (SSSR count). The molecule has 0 saturated carbocycles. The van der Waals surface area contributed by atoms with Crippen molar-refractivity contribution in [1.82, 2.24) is 0 Å². The number of hydrogen-bond acceptors (Lipinski definition) is 1. The van der Waals surface area contributed by atoms with E-state index in [1.54, 1.807) is 0 Å². The number of anilines is 3. The zero-order chi connectivity index (χ0) is 48.0. The van der Waals surface area contributed by atoms with Gasteiger partial charge in [-0.2, -0.15) is 0 Å². The fourth-order valence-electron chi connectivity index (χ4n) is 13.4. The van der Waals surface area contributed by atoms with Gasteiger partial charge in [0, 0.05) is 22.5 Å². The van der Waals surface area contributed by atoms with Gasteiger partial charge in [-0.1, -0.05) is 250 Å². The van der Waals surface area contributed by atoms with Crippen LogP contribution in [0.25, 0.3) is 44.5 Å². The van der Waals surface area contributed by atoms with Crippen molar-refractivity contribution >= 4 is 17.1 Å². The molecule has 0 fully saturated rings. The van der Waals surface area contributed by atoms with Gasteiger partial charge in [0.25, 0.3) is 0 Å². The lowest BCUT2D eigenvalue weighted by atomic mass is 9.67. The molecule has 0 spiro atoms. The summed E-state index contributed by atoms with van der Waals surface area (Å²) in [5.74, 6) is 0. The Balaban J connectivity index is 1.01. The minimum absolute atomic E-state index is 0.174. The molecule has 0 radical (unpaired) electrons. The lowest BCUT2D eigenvalue weighted by molar-refractivity contribution is 0.660. The Morgan fingerprint density at radius 2 is 0.625 bits per heavy atom. The normalized spacial score (nSPS) is 14.6. The van der Waals surface area contributed by atoms with Crippen molar-refractivity contribution in [3.8, 4) is 44.5 Å². The van der Waals surface area contributed by atoms with E-state index in [1.165, 1.54) is 100 Å². The van der Waals surface area contributed by atoms with Crippen LogP contribution in [0.5, 0.6) is 0 Å². The van der Waals surface area contributed by atoms with Gasteiger partial charge >= 0.3 is 0 Å². The smallest absolute Gasteiger partial charge is 0.0714 e. The molecule has 0 bridgehead atoms. The van der Waals surface area contributed by atoms with Gasteiger partial charge in [-0.25, -0.2) is 0 Å². The second-order valence-electron chi connectivity index (χ2n) is 20.3. The van der Waals surface area contributed by atoms with E-state index in [4.69, 9.17) is 0 Å². The van der Waals surface area contributed by atoms with Crippen LogP contribution in [0, 0.1) is 0 Å². The molecule has 0 saturated heterocycles. The second-order valence-corrected chi connectivity index (χ2v) is 20.3. The van der Waals surface area contributed by atoms with Gasteiger partial charge in [0.05, 0.1) is 10.8 Å². The van der Waals surface area contributed by atoms with Gasteiger partial charge in [0.1, 0.15) is 0 Å². The van der Waals surface area contributed by atoms with E-state index >= 15 is 0 Å². The van der Waals surface area contributed by atoms with E-state index < -0.39 is 10.8 Å². The standard InChI is InChI=1S/C71H51N/c1-69(2)62-37-18-15-33-57(62)59-43-41-54(46-66(59)69)72(55-42-44-60-58-34-16-19-38-63(58)71(67(60)47-55,51-28-11-5-12-29-51)52-30-13-6-14-31-52)53-32-21-23-48(45-53)56-36-22-40-65-68(56)61-35-17-20-39-64(61)70(65,49-24-7-3-8-25-49)50-26-9-4-10-27-50/h3-47H,1-2H3. The van der Waals surface area contributed by atoms with Gasteiger partial charge < -0.3 is 4.90 Å². The van der Waals surface area contributed by atoms with E-state index in [9.17, 15) is 0 Å². The Labute approximate surface area is 423 Å². The Bertz CT molecular complexity index is 3810. The monoisotopic (exact) mass is 917 g/mol. The Morgan fingerprint density at radius 3 is 1.19 bits per heavy atom. The van der Waals surface area contributed by atoms with Crippen LogP contribution in [-0.2, 0) is 16.2 Å². The van der Waals surface area contributed by atoms with Crippen molar-refractivity contribution in [2.45, 2.75) is 30.1 Å². The van der Waals surface area contributed by atoms with Crippen molar-refractivity contribution in [3.05, 3.63) is 329 Å². The van der Waals surface area contributed by atoms with Crippen molar-refractivity contribution in [2.24, 2.45) is 0 Å². The first-order valence-electron chi connectivity index (χ1n) is 25.3. The minimum atomic E-state index is -0.540. The number of fused-ring (bicyclic) bond motifs is 9.